The molecule has 0 aliphatic heterocycles. The molecule has 19 heavy (non-hydrogen) atoms. The SMILES string of the molecule is CCCCOC(=O)C[C@@]1(O)CC2CCC1(C)C2(C)C. The Morgan fingerprint density at radius 2 is 2.05 bits per heavy atom. The number of hydrogen-bond donors (Lipinski definition) is 1. The van der Waals surface area contributed by atoms with Gasteiger partial charge in [0.2, 0.25) is 0 Å². The predicted octanol–water partition coefficient (Wildman–Crippen LogP) is 3.30. The van der Waals surface area contributed by atoms with Crippen LogP contribution in [0.5, 0.6) is 0 Å². The zero-order valence-electron chi connectivity index (χ0n) is 12.8. The standard InChI is InChI=1S/C16H28O3/c1-5-6-9-19-13(17)11-16(18)10-12-7-8-15(16,4)14(12,2)3/h12,18H,5-11H2,1-4H3/t12?,15?,16-/m0/s1. The smallest absolute Gasteiger partial charge is 0.308 e. The first-order valence-corrected chi connectivity index (χ1v) is 7.65. The highest BCUT2D eigenvalue weighted by molar-refractivity contribution is 5.71. The van der Waals surface area contributed by atoms with E-state index in [0.29, 0.717) is 12.5 Å². The third-order valence-corrected chi connectivity index (χ3v) is 6.24. The monoisotopic (exact) mass is 268 g/mol. The number of unbranched alkanes of at least 4 members (excludes halogenated alkanes) is 1. The molecule has 0 aromatic rings. The van der Waals surface area contributed by atoms with Gasteiger partial charge in [0, 0.05) is 5.41 Å². The summed E-state index contributed by atoms with van der Waals surface area (Å²) in [5.74, 6) is 0.298. The van der Waals surface area contributed by atoms with Gasteiger partial charge in [0.15, 0.2) is 0 Å². The van der Waals surface area contributed by atoms with Crippen LogP contribution in [-0.2, 0) is 9.53 Å². The predicted molar refractivity (Wildman–Crippen MR) is 74.7 cm³/mol. The second-order valence-corrected chi connectivity index (χ2v) is 7.28. The molecule has 2 bridgehead atoms. The van der Waals surface area contributed by atoms with Gasteiger partial charge in [-0.3, -0.25) is 4.79 Å². The lowest BCUT2D eigenvalue weighted by Crippen LogP contribution is -2.48. The minimum absolute atomic E-state index is 0.117. The van der Waals surface area contributed by atoms with E-state index in [2.05, 4.69) is 27.7 Å². The average Bonchev–Trinajstić information content (AvgIpc) is 2.61. The van der Waals surface area contributed by atoms with E-state index in [1.54, 1.807) is 0 Å². The van der Waals surface area contributed by atoms with Gasteiger partial charge >= 0.3 is 5.97 Å². The Hall–Kier alpha value is -0.570. The number of aliphatic hydroxyl groups is 1. The summed E-state index contributed by atoms with van der Waals surface area (Å²) in [6.07, 6.45) is 5.02. The molecule has 2 rings (SSSR count). The molecule has 0 heterocycles. The van der Waals surface area contributed by atoms with E-state index >= 15 is 0 Å². The zero-order valence-corrected chi connectivity index (χ0v) is 12.8. The van der Waals surface area contributed by atoms with Gasteiger partial charge in [-0.15, -0.1) is 0 Å². The summed E-state index contributed by atoms with van der Waals surface area (Å²) in [4.78, 5) is 11.9. The van der Waals surface area contributed by atoms with Crippen LogP contribution in [0.2, 0.25) is 0 Å². The van der Waals surface area contributed by atoms with Crippen molar-refractivity contribution in [3.63, 3.8) is 0 Å². The summed E-state index contributed by atoms with van der Waals surface area (Å²) in [7, 11) is 0. The first-order valence-electron chi connectivity index (χ1n) is 7.65. The second-order valence-electron chi connectivity index (χ2n) is 7.28. The quantitative estimate of drug-likeness (QED) is 0.614. The summed E-state index contributed by atoms with van der Waals surface area (Å²) >= 11 is 0. The first kappa shape index (κ1) is 14.8. The van der Waals surface area contributed by atoms with Gasteiger partial charge in [0.1, 0.15) is 0 Å². The summed E-state index contributed by atoms with van der Waals surface area (Å²) in [6.45, 7) is 9.19. The number of rotatable bonds is 5. The van der Waals surface area contributed by atoms with Crippen LogP contribution >= 0.6 is 0 Å². The Balaban J connectivity index is 2.03. The van der Waals surface area contributed by atoms with Crippen LogP contribution in [0.4, 0.5) is 0 Å². The Morgan fingerprint density at radius 3 is 2.53 bits per heavy atom. The molecule has 3 heteroatoms. The highest BCUT2D eigenvalue weighted by Gasteiger charge is 2.68. The Labute approximate surface area is 116 Å². The highest BCUT2D eigenvalue weighted by atomic mass is 16.5. The van der Waals surface area contributed by atoms with Crippen molar-refractivity contribution in [2.75, 3.05) is 6.61 Å². The third-order valence-electron chi connectivity index (χ3n) is 6.24. The van der Waals surface area contributed by atoms with Crippen LogP contribution in [0.3, 0.4) is 0 Å². The molecular weight excluding hydrogens is 240 g/mol. The van der Waals surface area contributed by atoms with Crippen LogP contribution in [0, 0.1) is 16.7 Å². The zero-order chi connectivity index (χ0) is 14.3. The molecule has 2 saturated carbocycles. The third kappa shape index (κ3) is 2.10. The van der Waals surface area contributed by atoms with E-state index in [0.717, 1.165) is 25.7 Å². The molecule has 2 aliphatic rings. The van der Waals surface area contributed by atoms with E-state index in [1.165, 1.54) is 6.42 Å². The molecule has 110 valence electrons. The maximum absolute atomic E-state index is 11.9. The lowest BCUT2D eigenvalue weighted by molar-refractivity contribution is -0.158. The topological polar surface area (TPSA) is 46.5 Å². The van der Waals surface area contributed by atoms with Crippen molar-refractivity contribution in [2.24, 2.45) is 16.7 Å². The lowest BCUT2D eigenvalue weighted by Gasteiger charge is -2.44. The van der Waals surface area contributed by atoms with Gasteiger partial charge in [-0.2, -0.15) is 0 Å². The fourth-order valence-corrected chi connectivity index (χ4v) is 4.31. The molecule has 1 N–H and O–H groups in total. The van der Waals surface area contributed by atoms with Crippen molar-refractivity contribution in [2.45, 2.75) is 71.8 Å². The van der Waals surface area contributed by atoms with Crippen LogP contribution in [-0.4, -0.2) is 23.3 Å². The molecule has 0 aromatic heterocycles. The number of carbonyl (C=O) groups is 1. The summed E-state index contributed by atoms with van der Waals surface area (Å²) in [6, 6.07) is 0. The van der Waals surface area contributed by atoms with Gasteiger partial charge in [0.05, 0.1) is 18.6 Å². The molecule has 3 nitrogen and oxygen atoms in total. The molecular formula is C16H28O3. The van der Waals surface area contributed by atoms with Crippen molar-refractivity contribution in [1.82, 2.24) is 0 Å². The largest absolute Gasteiger partial charge is 0.466 e. The Bertz CT molecular complexity index is 363. The molecule has 0 saturated heterocycles. The first-order chi connectivity index (χ1) is 8.77. The van der Waals surface area contributed by atoms with Crippen molar-refractivity contribution in [3.8, 4) is 0 Å². The summed E-state index contributed by atoms with van der Waals surface area (Å²) in [5, 5.41) is 11.0. The Morgan fingerprint density at radius 1 is 1.37 bits per heavy atom. The van der Waals surface area contributed by atoms with E-state index in [-0.39, 0.29) is 23.2 Å². The normalized spacial score (nSPS) is 39.5. The van der Waals surface area contributed by atoms with Gasteiger partial charge in [-0.25, -0.2) is 0 Å². The van der Waals surface area contributed by atoms with Gasteiger partial charge in [0.25, 0.3) is 0 Å². The van der Waals surface area contributed by atoms with Crippen molar-refractivity contribution in [3.05, 3.63) is 0 Å². The summed E-state index contributed by atoms with van der Waals surface area (Å²) in [5.41, 5.74) is -0.914. The number of esters is 1. The minimum atomic E-state index is -0.872. The van der Waals surface area contributed by atoms with Gasteiger partial charge in [-0.05, 0) is 37.0 Å². The molecule has 0 radical (unpaired) electrons. The minimum Gasteiger partial charge on any atom is -0.466 e. The molecule has 0 aromatic carbocycles. The van der Waals surface area contributed by atoms with Gasteiger partial charge in [-0.1, -0.05) is 34.1 Å². The second kappa shape index (κ2) is 4.76. The number of carbonyl (C=O) groups excluding carboxylic acids is 1. The van der Waals surface area contributed by atoms with Crippen LogP contribution in [0.1, 0.15) is 66.2 Å². The fraction of sp³-hybridized carbons (Fsp3) is 0.938. The van der Waals surface area contributed by atoms with Crippen molar-refractivity contribution >= 4 is 5.97 Å². The maximum Gasteiger partial charge on any atom is 0.308 e. The molecule has 0 spiro atoms. The van der Waals surface area contributed by atoms with Gasteiger partial charge < -0.3 is 9.84 Å². The maximum atomic E-state index is 11.9. The van der Waals surface area contributed by atoms with E-state index in [1.807, 2.05) is 0 Å². The number of fused-ring (bicyclic) bond motifs is 2. The van der Waals surface area contributed by atoms with Crippen molar-refractivity contribution in [1.29, 1.82) is 0 Å². The highest BCUT2D eigenvalue weighted by Crippen LogP contribution is 2.70. The Kier molecular flexibility index (Phi) is 3.72. The molecule has 3 atom stereocenters. The molecule has 2 unspecified atom stereocenters. The van der Waals surface area contributed by atoms with E-state index in [4.69, 9.17) is 4.74 Å². The molecule has 0 amide bonds. The van der Waals surface area contributed by atoms with Crippen LogP contribution in [0.25, 0.3) is 0 Å². The van der Waals surface area contributed by atoms with E-state index in [9.17, 15) is 9.90 Å². The summed E-state index contributed by atoms with van der Waals surface area (Å²) < 4.78 is 5.23. The van der Waals surface area contributed by atoms with Crippen molar-refractivity contribution < 1.29 is 14.6 Å². The molecule has 2 aliphatic carbocycles. The lowest BCUT2D eigenvalue weighted by atomic mass is 9.63. The number of hydrogen-bond acceptors (Lipinski definition) is 3. The van der Waals surface area contributed by atoms with E-state index < -0.39 is 5.60 Å². The fourth-order valence-electron chi connectivity index (χ4n) is 4.31. The number of ether oxygens (including phenoxy) is 1. The van der Waals surface area contributed by atoms with Crippen LogP contribution < -0.4 is 0 Å². The molecule has 2 fully saturated rings. The van der Waals surface area contributed by atoms with Crippen LogP contribution in [0.15, 0.2) is 0 Å². The average molecular weight is 268 g/mol.